The summed E-state index contributed by atoms with van der Waals surface area (Å²) < 4.78 is 32.2. The molecule has 0 saturated carbocycles. The van der Waals surface area contributed by atoms with Gasteiger partial charge in [0.05, 0.1) is 12.2 Å². The Balaban J connectivity index is 2.33. The first-order chi connectivity index (χ1) is 7.18. The van der Waals surface area contributed by atoms with E-state index in [-0.39, 0.29) is 10.6 Å². The van der Waals surface area contributed by atoms with Gasteiger partial charge >= 0.3 is 0 Å². The Kier molecular flexibility index (Phi) is 3.19. The smallest absolute Gasteiger partial charge is 0.133 e. The van der Waals surface area contributed by atoms with Crippen molar-refractivity contribution in [3.63, 3.8) is 0 Å². The molecule has 1 unspecified atom stereocenters. The molecular weight excluding hydrogens is 224 g/mol. The highest BCUT2D eigenvalue weighted by Crippen LogP contribution is 2.27. The van der Waals surface area contributed by atoms with Crippen molar-refractivity contribution in [3.8, 4) is 0 Å². The normalized spacial score (nSPS) is 21.7. The van der Waals surface area contributed by atoms with Crippen molar-refractivity contribution in [2.45, 2.75) is 6.10 Å². The van der Waals surface area contributed by atoms with Gasteiger partial charge < -0.3 is 10.1 Å². The Bertz CT molecular complexity index is 343. The monoisotopic (exact) mass is 233 g/mol. The van der Waals surface area contributed by atoms with Gasteiger partial charge in [0.15, 0.2) is 0 Å². The standard InChI is InChI=1S/C10H10ClF2NO/c11-6-3-7(12)10(8(13)4-6)9-5-14-1-2-15-9/h3-4,9,14H,1-2,5H2. The van der Waals surface area contributed by atoms with Crippen molar-refractivity contribution in [1.82, 2.24) is 5.32 Å². The molecule has 0 aliphatic carbocycles. The quantitative estimate of drug-likeness (QED) is 0.804. The van der Waals surface area contributed by atoms with Gasteiger partial charge in [-0.25, -0.2) is 8.78 Å². The molecule has 1 aromatic rings. The lowest BCUT2D eigenvalue weighted by Crippen LogP contribution is -2.34. The van der Waals surface area contributed by atoms with Crippen LogP contribution in [-0.4, -0.2) is 19.7 Å². The maximum Gasteiger partial charge on any atom is 0.133 e. The molecule has 1 aliphatic heterocycles. The third-order valence-electron chi connectivity index (χ3n) is 2.29. The summed E-state index contributed by atoms with van der Waals surface area (Å²) in [5.74, 6) is -1.32. The lowest BCUT2D eigenvalue weighted by molar-refractivity contribution is 0.0232. The van der Waals surface area contributed by atoms with Crippen molar-refractivity contribution in [2.24, 2.45) is 0 Å². The predicted octanol–water partition coefficient (Wildman–Crippen LogP) is 2.28. The first-order valence-corrected chi connectivity index (χ1v) is 5.03. The maximum absolute atomic E-state index is 13.5. The lowest BCUT2D eigenvalue weighted by Gasteiger charge is -2.24. The number of rotatable bonds is 1. The number of morpholine rings is 1. The maximum atomic E-state index is 13.5. The number of halogens is 3. The van der Waals surface area contributed by atoms with Crippen molar-refractivity contribution in [3.05, 3.63) is 34.4 Å². The second-order valence-corrected chi connectivity index (χ2v) is 3.78. The molecule has 15 heavy (non-hydrogen) atoms. The second kappa shape index (κ2) is 4.43. The van der Waals surface area contributed by atoms with Crippen LogP contribution in [0.3, 0.4) is 0 Å². The van der Waals surface area contributed by atoms with Crippen LogP contribution in [-0.2, 0) is 4.74 Å². The lowest BCUT2D eigenvalue weighted by atomic mass is 10.1. The van der Waals surface area contributed by atoms with Crippen LogP contribution in [0, 0.1) is 11.6 Å². The molecule has 2 rings (SSSR count). The fourth-order valence-electron chi connectivity index (χ4n) is 1.61. The number of hydrogen-bond acceptors (Lipinski definition) is 2. The molecule has 1 saturated heterocycles. The van der Waals surface area contributed by atoms with Gasteiger partial charge in [0.25, 0.3) is 0 Å². The molecule has 82 valence electrons. The predicted molar refractivity (Wildman–Crippen MR) is 52.9 cm³/mol. The minimum atomic E-state index is -0.659. The van der Waals surface area contributed by atoms with E-state index >= 15 is 0 Å². The minimum Gasteiger partial charge on any atom is -0.371 e. The first-order valence-electron chi connectivity index (χ1n) is 4.65. The Labute approximate surface area is 91.2 Å². The molecule has 1 aromatic carbocycles. The third-order valence-corrected chi connectivity index (χ3v) is 2.51. The van der Waals surface area contributed by atoms with E-state index in [4.69, 9.17) is 16.3 Å². The van der Waals surface area contributed by atoms with Gasteiger partial charge in [0.2, 0.25) is 0 Å². The first kappa shape index (κ1) is 10.8. The van der Waals surface area contributed by atoms with Crippen molar-refractivity contribution in [2.75, 3.05) is 19.7 Å². The van der Waals surface area contributed by atoms with E-state index in [2.05, 4.69) is 5.32 Å². The SMILES string of the molecule is Fc1cc(Cl)cc(F)c1C1CNCCO1. The molecule has 0 aromatic heterocycles. The zero-order valence-corrected chi connectivity index (χ0v) is 8.65. The van der Waals surface area contributed by atoms with Crippen LogP contribution in [0.4, 0.5) is 8.78 Å². The Morgan fingerprint density at radius 3 is 2.53 bits per heavy atom. The van der Waals surface area contributed by atoms with E-state index in [1.54, 1.807) is 0 Å². The number of ether oxygens (including phenoxy) is 1. The Hall–Kier alpha value is -0.710. The molecule has 1 N–H and O–H groups in total. The Morgan fingerprint density at radius 2 is 2.00 bits per heavy atom. The van der Waals surface area contributed by atoms with Crippen LogP contribution in [0.5, 0.6) is 0 Å². The van der Waals surface area contributed by atoms with Gasteiger partial charge in [0.1, 0.15) is 17.7 Å². The van der Waals surface area contributed by atoms with Gasteiger partial charge in [-0.1, -0.05) is 11.6 Å². The molecule has 1 fully saturated rings. The highest BCUT2D eigenvalue weighted by molar-refractivity contribution is 6.30. The molecule has 0 radical (unpaired) electrons. The van der Waals surface area contributed by atoms with Crippen molar-refractivity contribution in [1.29, 1.82) is 0 Å². The highest BCUT2D eigenvalue weighted by Gasteiger charge is 2.23. The molecule has 1 aliphatic rings. The van der Waals surface area contributed by atoms with Gasteiger partial charge in [-0.05, 0) is 12.1 Å². The van der Waals surface area contributed by atoms with E-state index in [1.807, 2.05) is 0 Å². The number of nitrogens with one attached hydrogen (secondary N) is 1. The summed E-state index contributed by atoms with van der Waals surface area (Å²) in [5, 5.41) is 3.06. The van der Waals surface area contributed by atoms with E-state index in [0.717, 1.165) is 12.1 Å². The summed E-state index contributed by atoms with van der Waals surface area (Å²) in [6, 6.07) is 2.19. The summed E-state index contributed by atoms with van der Waals surface area (Å²) in [6.45, 7) is 1.56. The second-order valence-electron chi connectivity index (χ2n) is 3.35. The third kappa shape index (κ3) is 2.27. The molecule has 2 nitrogen and oxygen atoms in total. The zero-order chi connectivity index (χ0) is 10.8. The summed E-state index contributed by atoms with van der Waals surface area (Å²) in [5.41, 5.74) is -0.0494. The van der Waals surface area contributed by atoms with Gasteiger partial charge in [-0.2, -0.15) is 0 Å². The number of benzene rings is 1. The molecule has 0 spiro atoms. The average Bonchev–Trinajstić information content (AvgIpc) is 2.17. The van der Waals surface area contributed by atoms with Gasteiger partial charge in [0, 0.05) is 18.1 Å². The van der Waals surface area contributed by atoms with Crippen LogP contribution in [0.2, 0.25) is 5.02 Å². The van der Waals surface area contributed by atoms with E-state index in [0.29, 0.717) is 19.7 Å². The van der Waals surface area contributed by atoms with E-state index < -0.39 is 17.7 Å². The van der Waals surface area contributed by atoms with Crippen molar-refractivity contribution < 1.29 is 13.5 Å². The van der Waals surface area contributed by atoms with Crippen LogP contribution in [0.15, 0.2) is 12.1 Å². The van der Waals surface area contributed by atoms with E-state index in [1.165, 1.54) is 0 Å². The highest BCUT2D eigenvalue weighted by atomic mass is 35.5. The van der Waals surface area contributed by atoms with E-state index in [9.17, 15) is 8.78 Å². The fraction of sp³-hybridized carbons (Fsp3) is 0.400. The van der Waals surface area contributed by atoms with Crippen LogP contribution in [0.25, 0.3) is 0 Å². The minimum absolute atomic E-state index is 0.0494. The van der Waals surface area contributed by atoms with Crippen LogP contribution >= 0.6 is 11.6 Å². The molecule has 0 amide bonds. The molecule has 5 heteroatoms. The number of hydrogen-bond donors (Lipinski definition) is 1. The summed E-state index contributed by atoms with van der Waals surface area (Å²) in [4.78, 5) is 0. The fourth-order valence-corrected chi connectivity index (χ4v) is 1.80. The van der Waals surface area contributed by atoms with Gasteiger partial charge in [-0.3, -0.25) is 0 Å². The summed E-state index contributed by atoms with van der Waals surface area (Å²) in [7, 11) is 0. The van der Waals surface area contributed by atoms with Crippen molar-refractivity contribution >= 4 is 11.6 Å². The molecule has 1 heterocycles. The Morgan fingerprint density at radius 1 is 1.33 bits per heavy atom. The van der Waals surface area contributed by atoms with Gasteiger partial charge in [-0.15, -0.1) is 0 Å². The molecule has 0 bridgehead atoms. The zero-order valence-electron chi connectivity index (χ0n) is 7.90. The van der Waals surface area contributed by atoms with Crippen LogP contribution < -0.4 is 5.32 Å². The average molecular weight is 234 g/mol. The van der Waals surface area contributed by atoms with Crippen LogP contribution in [0.1, 0.15) is 11.7 Å². The largest absolute Gasteiger partial charge is 0.371 e. The molecular formula is C10H10ClF2NO. The molecule has 1 atom stereocenters. The summed E-state index contributed by atoms with van der Waals surface area (Å²) >= 11 is 5.52. The summed E-state index contributed by atoms with van der Waals surface area (Å²) in [6.07, 6.45) is -0.573. The topological polar surface area (TPSA) is 21.3 Å².